The van der Waals surface area contributed by atoms with Crippen molar-refractivity contribution in [1.29, 1.82) is 0 Å². The Bertz CT molecular complexity index is 730. The van der Waals surface area contributed by atoms with Crippen molar-refractivity contribution < 1.29 is 19.2 Å². The quantitative estimate of drug-likeness (QED) is 0.942. The monoisotopic (exact) mass is 315 g/mol. The lowest BCUT2D eigenvalue weighted by atomic mass is 9.64. The molecule has 0 bridgehead atoms. The zero-order valence-corrected chi connectivity index (χ0v) is 13.8. The minimum Gasteiger partial charge on any atom is -0.497 e. The molecule has 1 aromatic heterocycles. The number of ketones is 1. The normalized spacial score (nSPS) is 26.7. The fourth-order valence-electron chi connectivity index (χ4n) is 3.77. The molecule has 0 saturated carbocycles. The zero-order chi connectivity index (χ0) is 16.8. The highest BCUT2D eigenvalue weighted by Gasteiger charge is 2.49. The van der Waals surface area contributed by atoms with E-state index in [-0.39, 0.29) is 11.7 Å². The van der Waals surface area contributed by atoms with Gasteiger partial charge in [0.25, 0.3) is 0 Å². The average molecular weight is 315 g/mol. The molecule has 0 amide bonds. The van der Waals surface area contributed by atoms with Crippen LogP contribution in [0.5, 0.6) is 5.75 Å². The van der Waals surface area contributed by atoms with E-state index in [0.29, 0.717) is 12.2 Å². The van der Waals surface area contributed by atoms with Crippen LogP contribution in [0.25, 0.3) is 0 Å². The molecule has 0 aliphatic heterocycles. The van der Waals surface area contributed by atoms with E-state index in [4.69, 9.17) is 9.26 Å². The van der Waals surface area contributed by atoms with Crippen molar-refractivity contribution in [3.05, 3.63) is 46.8 Å². The molecule has 0 radical (unpaired) electrons. The molecule has 0 fully saturated rings. The van der Waals surface area contributed by atoms with E-state index in [1.165, 1.54) is 6.92 Å². The van der Waals surface area contributed by atoms with E-state index in [1.54, 1.807) is 14.0 Å². The fraction of sp³-hybridized carbons (Fsp3) is 0.444. The number of rotatable bonds is 3. The van der Waals surface area contributed by atoms with Crippen molar-refractivity contribution in [2.45, 2.75) is 38.7 Å². The van der Waals surface area contributed by atoms with Crippen LogP contribution in [0.15, 0.2) is 28.8 Å². The Morgan fingerprint density at radius 1 is 1.39 bits per heavy atom. The molecule has 5 heteroatoms. The van der Waals surface area contributed by atoms with Crippen molar-refractivity contribution >= 4 is 5.78 Å². The molecular formula is C18H21NO4. The van der Waals surface area contributed by atoms with Crippen LogP contribution in [-0.2, 0) is 11.2 Å². The van der Waals surface area contributed by atoms with Gasteiger partial charge in [0.2, 0.25) is 0 Å². The summed E-state index contributed by atoms with van der Waals surface area (Å²) in [5.41, 5.74) is 1.43. The number of hydrogen-bond acceptors (Lipinski definition) is 5. The van der Waals surface area contributed by atoms with E-state index < -0.39 is 11.5 Å². The van der Waals surface area contributed by atoms with Crippen LogP contribution in [0.1, 0.15) is 42.3 Å². The smallest absolute Gasteiger partial charge is 0.137 e. The van der Waals surface area contributed by atoms with Gasteiger partial charge in [-0.25, -0.2) is 0 Å². The maximum Gasteiger partial charge on any atom is 0.137 e. The Morgan fingerprint density at radius 3 is 2.61 bits per heavy atom. The second-order valence-corrected chi connectivity index (χ2v) is 6.47. The molecule has 1 heterocycles. The van der Waals surface area contributed by atoms with Crippen molar-refractivity contribution in [2.75, 3.05) is 7.11 Å². The molecule has 2 aromatic rings. The Morgan fingerprint density at radius 2 is 2.04 bits per heavy atom. The van der Waals surface area contributed by atoms with Gasteiger partial charge >= 0.3 is 0 Å². The second-order valence-electron chi connectivity index (χ2n) is 6.47. The number of Topliss-reactive ketones (excluding diaryl/α,β-unsaturated/α-hetero) is 1. The first kappa shape index (κ1) is 15.7. The standard InChI is InChI=1S/C18H21NO4/c1-10(20)17-16(12-5-7-13(22-4)8-6-12)15-11(2)23-19-14(15)9-18(17,3)21/h5-8,16-17,21H,9H2,1-4H3/t16-,17-,18-/m1/s1. The summed E-state index contributed by atoms with van der Waals surface area (Å²) in [7, 11) is 1.61. The molecule has 0 unspecified atom stereocenters. The lowest BCUT2D eigenvalue weighted by Crippen LogP contribution is -2.48. The third-order valence-electron chi connectivity index (χ3n) is 4.74. The highest BCUT2D eigenvalue weighted by Crippen LogP contribution is 2.47. The Kier molecular flexibility index (Phi) is 3.76. The van der Waals surface area contributed by atoms with Crippen LogP contribution in [0.2, 0.25) is 0 Å². The lowest BCUT2D eigenvalue weighted by molar-refractivity contribution is -0.130. The number of aryl methyl sites for hydroxylation is 1. The van der Waals surface area contributed by atoms with Crippen molar-refractivity contribution in [1.82, 2.24) is 5.16 Å². The topological polar surface area (TPSA) is 72.6 Å². The van der Waals surface area contributed by atoms with Gasteiger partial charge in [0.15, 0.2) is 0 Å². The Balaban J connectivity index is 2.19. The molecule has 5 nitrogen and oxygen atoms in total. The Labute approximate surface area is 135 Å². The summed E-state index contributed by atoms with van der Waals surface area (Å²) in [5.74, 6) is 0.590. The van der Waals surface area contributed by atoms with E-state index in [2.05, 4.69) is 5.16 Å². The van der Waals surface area contributed by atoms with E-state index in [0.717, 1.165) is 22.6 Å². The molecule has 1 aliphatic carbocycles. The van der Waals surface area contributed by atoms with Crippen molar-refractivity contribution in [2.24, 2.45) is 5.92 Å². The van der Waals surface area contributed by atoms with E-state index in [9.17, 15) is 9.90 Å². The number of carbonyl (C=O) groups excluding carboxylic acids is 1. The molecule has 0 spiro atoms. The van der Waals surface area contributed by atoms with Gasteiger partial charge in [-0.2, -0.15) is 0 Å². The molecule has 3 rings (SSSR count). The number of aliphatic hydroxyl groups is 1. The summed E-state index contributed by atoms with van der Waals surface area (Å²) in [6.45, 7) is 5.08. The lowest BCUT2D eigenvalue weighted by Gasteiger charge is -2.40. The van der Waals surface area contributed by atoms with Crippen LogP contribution in [0.4, 0.5) is 0 Å². The first-order valence-electron chi connectivity index (χ1n) is 7.67. The van der Waals surface area contributed by atoms with E-state index >= 15 is 0 Å². The maximum absolute atomic E-state index is 12.3. The van der Waals surface area contributed by atoms with Gasteiger partial charge < -0.3 is 14.4 Å². The minimum absolute atomic E-state index is 0.0398. The second kappa shape index (κ2) is 5.49. The average Bonchev–Trinajstić information content (AvgIpc) is 2.85. The largest absolute Gasteiger partial charge is 0.497 e. The van der Waals surface area contributed by atoms with Crippen LogP contribution in [0.3, 0.4) is 0 Å². The van der Waals surface area contributed by atoms with Crippen LogP contribution in [0, 0.1) is 12.8 Å². The summed E-state index contributed by atoms with van der Waals surface area (Å²) < 4.78 is 10.5. The predicted molar refractivity (Wildman–Crippen MR) is 84.6 cm³/mol. The zero-order valence-electron chi connectivity index (χ0n) is 13.8. The van der Waals surface area contributed by atoms with Gasteiger partial charge in [-0.3, -0.25) is 4.79 Å². The highest BCUT2D eigenvalue weighted by atomic mass is 16.5. The molecule has 0 saturated heterocycles. The number of nitrogens with zero attached hydrogens (tertiary/aromatic N) is 1. The summed E-state index contributed by atoms with van der Waals surface area (Å²) >= 11 is 0. The highest BCUT2D eigenvalue weighted by molar-refractivity contribution is 5.82. The molecule has 1 N–H and O–H groups in total. The molecule has 122 valence electrons. The number of methoxy groups -OCH3 is 1. The first-order valence-corrected chi connectivity index (χ1v) is 7.67. The fourth-order valence-corrected chi connectivity index (χ4v) is 3.77. The van der Waals surface area contributed by atoms with Crippen LogP contribution >= 0.6 is 0 Å². The van der Waals surface area contributed by atoms with Crippen molar-refractivity contribution in [3.63, 3.8) is 0 Å². The van der Waals surface area contributed by atoms with Crippen LogP contribution < -0.4 is 4.74 Å². The first-order chi connectivity index (χ1) is 10.8. The SMILES string of the molecule is COc1ccc([C@@H]2c3c(noc3C)C[C@@](C)(O)[C@@H]2C(C)=O)cc1. The van der Waals surface area contributed by atoms with Gasteiger partial charge in [0, 0.05) is 17.9 Å². The Hall–Kier alpha value is -2.14. The summed E-state index contributed by atoms with van der Waals surface area (Å²) in [5, 5.41) is 15.0. The summed E-state index contributed by atoms with van der Waals surface area (Å²) in [6, 6.07) is 7.57. The molecule has 1 aliphatic rings. The van der Waals surface area contributed by atoms with Gasteiger partial charge in [-0.05, 0) is 38.5 Å². The van der Waals surface area contributed by atoms with Gasteiger partial charge in [-0.1, -0.05) is 17.3 Å². The van der Waals surface area contributed by atoms with Gasteiger partial charge in [0.05, 0.1) is 24.3 Å². The van der Waals surface area contributed by atoms with Gasteiger partial charge in [-0.15, -0.1) is 0 Å². The summed E-state index contributed by atoms with van der Waals surface area (Å²) in [4.78, 5) is 12.3. The molecule has 1 aromatic carbocycles. The van der Waals surface area contributed by atoms with Crippen molar-refractivity contribution in [3.8, 4) is 5.75 Å². The van der Waals surface area contributed by atoms with E-state index in [1.807, 2.05) is 31.2 Å². The number of carbonyl (C=O) groups is 1. The van der Waals surface area contributed by atoms with Gasteiger partial charge in [0.1, 0.15) is 17.3 Å². The number of benzene rings is 1. The molecule has 3 atom stereocenters. The number of aromatic nitrogens is 1. The molecule has 23 heavy (non-hydrogen) atoms. The third kappa shape index (κ3) is 2.55. The molecular weight excluding hydrogens is 294 g/mol. The number of fused-ring (bicyclic) bond motifs is 1. The van der Waals surface area contributed by atoms with Crippen LogP contribution in [-0.4, -0.2) is 28.8 Å². The number of ether oxygens (including phenoxy) is 1. The number of hydrogen-bond donors (Lipinski definition) is 1. The predicted octanol–water partition coefficient (Wildman–Crippen LogP) is 2.64. The maximum atomic E-state index is 12.3. The summed E-state index contributed by atoms with van der Waals surface area (Å²) in [6.07, 6.45) is 0.316. The minimum atomic E-state index is -1.16. The third-order valence-corrected chi connectivity index (χ3v) is 4.74.